The third kappa shape index (κ3) is 4.45. The first-order valence-electron chi connectivity index (χ1n) is 11.3. The van der Waals surface area contributed by atoms with Crippen LogP contribution in [0.15, 0.2) is 24.5 Å². The summed E-state index contributed by atoms with van der Waals surface area (Å²) in [5, 5.41) is 0. The van der Waals surface area contributed by atoms with Crippen LogP contribution in [0.1, 0.15) is 19.3 Å². The first-order chi connectivity index (χ1) is 15.1. The minimum absolute atomic E-state index is 0.290. The second-order valence-electron chi connectivity index (χ2n) is 9.03. The van der Waals surface area contributed by atoms with Crippen LogP contribution in [0.4, 0.5) is 21.7 Å². The lowest BCUT2D eigenvalue weighted by Gasteiger charge is -2.27. The van der Waals surface area contributed by atoms with Crippen LogP contribution in [-0.4, -0.2) is 73.9 Å². The minimum Gasteiger partial charge on any atom is -0.397 e. The van der Waals surface area contributed by atoms with E-state index >= 15 is 4.39 Å². The fraction of sp³-hybridized carbons (Fsp3) is 0.565. The molecule has 0 amide bonds. The lowest BCUT2D eigenvalue weighted by molar-refractivity contribution is 0.122. The minimum atomic E-state index is -0.290. The summed E-state index contributed by atoms with van der Waals surface area (Å²) in [6, 6.07) is 3.80. The Bertz CT molecular complexity index is 913. The molecule has 3 aliphatic rings. The number of anilines is 3. The monoisotopic (exact) mass is 426 g/mol. The molecule has 3 fully saturated rings. The quantitative estimate of drug-likeness (QED) is 0.712. The Kier molecular flexibility index (Phi) is 5.67. The summed E-state index contributed by atoms with van der Waals surface area (Å²) < 4.78 is 20.5. The topological polar surface area (TPSA) is 70.8 Å². The average Bonchev–Trinajstić information content (AvgIpc) is 3.47. The van der Waals surface area contributed by atoms with E-state index in [0.29, 0.717) is 42.0 Å². The van der Waals surface area contributed by atoms with Crippen molar-refractivity contribution in [3.05, 3.63) is 30.3 Å². The normalized spacial score (nSPS) is 21.8. The molecule has 7 nitrogen and oxygen atoms in total. The zero-order chi connectivity index (χ0) is 21.4. The number of morpholine rings is 1. The molecule has 0 radical (unpaired) electrons. The average molecular weight is 427 g/mol. The zero-order valence-electron chi connectivity index (χ0n) is 18.1. The Morgan fingerprint density at radius 3 is 2.55 bits per heavy atom. The highest BCUT2D eigenvalue weighted by Crippen LogP contribution is 2.35. The van der Waals surface area contributed by atoms with Crippen molar-refractivity contribution in [2.24, 2.45) is 5.92 Å². The molecule has 31 heavy (non-hydrogen) atoms. The van der Waals surface area contributed by atoms with Crippen LogP contribution >= 0.6 is 0 Å². The molecule has 1 aromatic heterocycles. The predicted molar refractivity (Wildman–Crippen MR) is 121 cm³/mol. The molecule has 1 atom stereocenters. The van der Waals surface area contributed by atoms with Crippen LogP contribution in [0, 0.1) is 11.7 Å². The van der Waals surface area contributed by atoms with Gasteiger partial charge >= 0.3 is 0 Å². The maximum Gasteiger partial charge on any atom is 0.225 e. The number of nitrogen functional groups attached to an aromatic ring is 1. The van der Waals surface area contributed by atoms with Crippen molar-refractivity contribution >= 4 is 17.3 Å². The van der Waals surface area contributed by atoms with Crippen molar-refractivity contribution < 1.29 is 9.13 Å². The summed E-state index contributed by atoms with van der Waals surface area (Å²) in [5.74, 6) is 1.23. The van der Waals surface area contributed by atoms with Gasteiger partial charge in [0.1, 0.15) is 5.82 Å². The summed E-state index contributed by atoms with van der Waals surface area (Å²) in [7, 11) is 2.21. The molecule has 3 heterocycles. The Labute approximate surface area is 183 Å². The van der Waals surface area contributed by atoms with E-state index in [1.165, 1.54) is 19.4 Å². The van der Waals surface area contributed by atoms with Crippen LogP contribution in [0.3, 0.4) is 0 Å². The number of nitrogens with two attached hydrogens (primary N) is 1. The van der Waals surface area contributed by atoms with Crippen LogP contribution < -0.4 is 15.5 Å². The zero-order valence-corrected chi connectivity index (χ0v) is 18.1. The molecule has 8 heteroatoms. The van der Waals surface area contributed by atoms with E-state index in [4.69, 9.17) is 10.5 Å². The fourth-order valence-corrected chi connectivity index (χ4v) is 4.64. The van der Waals surface area contributed by atoms with Crippen LogP contribution in [0.25, 0.3) is 11.1 Å². The number of hydrogen-bond acceptors (Lipinski definition) is 7. The molecule has 5 rings (SSSR count). The number of hydrogen-bond donors (Lipinski definition) is 1. The highest BCUT2D eigenvalue weighted by molar-refractivity contribution is 5.77. The highest BCUT2D eigenvalue weighted by atomic mass is 19.1. The number of aromatic nitrogens is 2. The Balaban J connectivity index is 1.30. The van der Waals surface area contributed by atoms with Gasteiger partial charge in [-0.15, -0.1) is 0 Å². The smallest absolute Gasteiger partial charge is 0.225 e. The first kappa shape index (κ1) is 20.5. The first-order valence-corrected chi connectivity index (χ1v) is 11.3. The SMILES string of the molecule is CN(CC1CC1)[C@@H]1CCN(c2cc(F)c(-c3cnc(N4CCOCC4)nc3)cc2N)C1. The summed E-state index contributed by atoms with van der Waals surface area (Å²) in [6.07, 6.45) is 7.15. The van der Waals surface area contributed by atoms with Crippen molar-refractivity contribution in [2.45, 2.75) is 25.3 Å². The molecule has 166 valence electrons. The summed E-state index contributed by atoms with van der Waals surface area (Å²) >= 11 is 0. The van der Waals surface area contributed by atoms with Gasteiger partial charge in [0.15, 0.2) is 0 Å². The Morgan fingerprint density at radius 1 is 1.10 bits per heavy atom. The molecule has 2 aliphatic heterocycles. The maximum absolute atomic E-state index is 15.1. The van der Waals surface area contributed by atoms with Crippen LogP contribution in [0.2, 0.25) is 0 Å². The largest absolute Gasteiger partial charge is 0.397 e. The van der Waals surface area contributed by atoms with Gasteiger partial charge in [0.25, 0.3) is 0 Å². The number of rotatable bonds is 6. The molecule has 1 aromatic carbocycles. The van der Waals surface area contributed by atoms with Crippen LogP contribution in [0.5, 0.6) is 0 Å². The molecule has 1 saturated carbocycles. The summed E-state index contributed by atoms with van der Waals surface area (Å²) in [4.78, 5) is 15.6. The molecule has 2 saturated heterocycles. The van der Waals surface area contributed by atoms with Gasteiger partial charge in [0.2, 0.25) is 5.95 Å². The van der Waals surface area contributed by atoms with Gasteiger partial charge in [0.05, 0.1) is 24.6 Å². The third-order valence-electron chi connectivity index (χ3n) is 6.73. The van der Waals surface area contributed by atoms with E-state index in [-0.39, 0.29) is 5.82 Å². The van der Waals surface area contributed by atoms with Gasteiger partial charge in [-0.1, -0.05) is 0 Å². The lowest BCUT2D eigenvalue weighted by Crippen LogP contribution is -2.37. The second kappa shape index (κ2) is 8.59. The second-order valence-corrected chi connectivity index (χ2v) is 9.03. The molecule has 0 bridgehead atoms. The van der Waals surface area contributed by atoms with Crippen molar-refractivity contribution in [1.29, 1.82) is 0 Å². The van der Waals surface area contributed by atoms with Crippen molar-refractivity contribution in [2.75, 3.05) is 68.5 Å². The molecular formula is C23H31FN6O. The van der Waals surface area contributed by atoms with E-state index in [2.05, 4.69) is 31.7 Å². The van der Waals surface area contributed by atoms with Gasteiger partial charge in [0, 0.05) is 62.3 Å². The van der Waals surface area contributed by atoms with Crippen LogP contribution in [-0.2, 0) is 4.74 Å². The molecular weight excluding hydrogens is 395 g/mol. The van der Waals surface area contributed by atoms with Gasteiger partial charge in [-0.2, -0.15) is 0 Å². The Hall–Kier alpha value is -2.45. The molecule has 2 N–H and O–H groups in total. The predicted octanol–water partition coefficient (Wildman–Crippen LogP) is 2.62. The summed E-state index contributed by atoms with van der Waals surface area (Å²) in [6.45, 7) is 5.84. The van der Waals surface area contributed by atoms with E-state index in [9.17, 15) is 0 Å². The number of nitrogens with zero attached hydrogens (tertiary/aromatic N) is 5. The number of benzene rings is 1. The fourth-order valence-electron chi connectivity index (χ4n) is 4.64. The molecule has 2 aromatic rings. The lowest BCUT2D eigenvalue weighted by atomic mass is 10.1. The van der Waals surface area contributed by atoms with Gasteiger partial charge in [-0.05, 0) is 44.4 Å². The van der Waals surface area contributed by atoms with E-state index in [1.54, 1.807) is 24.5 Å². The van der Waals surface area contributed by atoms with E-state index < -0.39 is 0 Å². The van der Waals surface area contributed by atoms with E-state index in [0.717, 1.165) is 44.2 Å². The maximum atomic E-state index is 15.1. The van der Waals surface area contributed by atoms with Crippen molar-refractivity contribution in [3.63, 3.8) is 0 Å². The standard InChI is InChI=1S/C23H31FN6O/c1-28(14-16-2-3-16)18-4-5-30(15-18)22-11-20(24)19(10-21(22)25)17-12-26-23(27-13-17)29-6-8-31-9-7-29/h10-13,16,18H,2-9,14-15,25H2,1H3/t18-/m1/s1. The summed E-state index contributed by atoms with van der Waals surface area (Å²) in [5.41, 5.74) is 8.84. The van der Waals surface area contributed by atoms with Gasteiger partial charge < -0.3 is 25.2 Å². The number of ether oxygens (including phenoxy) is 1. The Morgan fingerprint density at radius 2 is 1.84 bits per heavy atom. The molecule has 0 spiro atoms. The van der Waals surface area contributed by atoms with Gasteiger partial charge in [-0.3, -0.25) is 0 Å². The molecule has 1 aliphatic carbocycles. The third-order valence-corrected chi connectivity index (χ3v) is 6.73. The highest BCUT2D eigenvalue weighted by Gasteiger charge is 2.31. The van der Waals surface area contributed by atoms with Crippen molar-refractivity contribution in [1.82, 2.24) is 14.9 Å². The van der Waals surface area contributed by atoms with E-state index in [1.807, 2.05) is 0 Å². The number of halogens is 1. The molecule has 0 unspecified atom stereocenters. The van der Waals surface area contributed by atoms with Gasteiger partial charge in [-0.25, -0.2) is 14.4 Å². The van der Waals surface area contributed by atoms with Crippen molar-refractivity contribution in [3.8, 4) is 11.1 Å². The number of likely N-dealkylation sites (N-methyl/N-ethyl adjacent to an activating group) is 1.